The number of rotatable bonds is 4. The quantitative estimate of drug-likeness (QED) is 0.751. The fourth-order valence-corrected chi connectivity index (χ4v) is 4.61. The normalized spacial score (nSPS) is 27.1. The van der Waals surface area contributed by atoms with E-state index in [0.29, 0.717) is 12.0 Å². The zero-order valence-electron chi connectivity index (χ0n) is 17.1. The predicted octanol–water partition coefficient (Wildman–Crippen LogP) is 2.30. The Balaban J connectivity index is 1.78. The summed E-state index contributed by atoms with van der Waals surface area (Å²) in [4.78, 5) is 4.53. The molecule has 7 nitrogen and oxygen atoms in total. The molecule has 1 aromatic heterocycles. The Morgan fingerprint density at radius 3 is 2.50 bits per heavy atom. The van der Waals surface area contributed by atoms with Gasteiger partial charge in [0, 0.05) is 24.2 Å². The summed E-state index contributed by atoms with van der Waals surface area (Å²) in [7, 11) is 0. The lowest BCUT2D eigenvalue weighted by Gasteiger charge is -2.52. The smallest absolute Gasteiger partial charge is 0.160 e. The number of nitrogens with one attached hydrogen (secondary N) is 1. The van der Waals surface area contributed by atoms with Gasteiger partial charge < -0.3 is 10.2 Å². The number of piperidine rings is 1. The SMILES string of the molecule is CC(C)c1cnn2c1N([C@@H]1CCCNC1)C(N)N([C@@H](C)c1ccccc1)C2N. The molecule has 2 aromatic rings. The van der Waals surface area contributed by atoms with Gasteiger partial charge in [-0.05, 0) is 37.8 Å². The van der Waals surface area contributed by atoms with E-state index in [1.165, 1.54) is 11.1 Å². The highest BCUT2D eigenvalue weighted by Crippen LogP contribution is 2.40. The molecular weight excluding hydrogens is 350 g/mol. The first kappa shape index (κ1) is 19.4. The molecule has 4 rings (SSSR count). The Morgan fingerprint density at radius 2 is 1.86 bits per heavy atom. The third-order valence-corrected chi connectivity index (χ3v) is 6.20. The molecule has 1 aromatic carbocycles. The average Bonchev–Trinajstić information content (AvgIpc) is 3.15. The summed E-state index contributed by atoms with van der Waals surface area (Å²) in [5.41, 5.74) is 16.1. The van der Waals surface area contributed by atoms with Gasteiger partial charge in [-0.2, -0.15) is 5.10 Å². The molecule has 28 heavy (non-hydrogen) atoms. The molecule has 0 aliphatic carbocycles. The highest BCUT2D eigenvalue weighted by Gasteiger charge is 2.43. The van der Waals surface area contributed by atoms with E-state index in [9.17, 15) is 0 Å². The van der Waals surface area contributed by atoms with Gasteiger partial charge >= 0.3 is 0 Å². The summed E-state index contributed by atoms with van der Waals surface area (Å²) in [6.45, 7) is 8.57. The van der Waals surface area contributed by atoms with Crippen molar-refractivity contribution in [3.63, 3.8) is 0 Å². The first-order chi connectivity index (χ1) is 13.5. The van der Waals surface area contributed by atoms with Crippen LogP contribution in [0.5, 0.6) is 0 Å². The number of nitrogens with zero attached hydrogens (tertiary/aromatic N) is 4. The number of fused-ring (bicyclic) bond motifs is 1. The lowest BCUT2D eigenvalue weighted by atomic mass is 10.0. The van der Waals surface area contributed by atoms with Crippen LogP contribution < -0.4 is 21.7 Å². The van der Waals surface area contributed by atoms with Crippen molar-refractivity contribution < 1.29 is 0 Å². The second-order valence-electron chi connectivity index (χ2n) is 8.29. The van der Waals surface area contributed by atoms with Crippen LogP contribution in [-0.2, 0) is 0 Å². The van der Waals surface area contributed by atoms with Gasteiger partial charge in [0.1, 0.15) is 12.1 Å². The molecule has 0 spiro atoms. The zero-order chi connectivity index (χ0) is 19.8. The molecule has 2 aliphatic heterocycles. The van der Waals surface area contributed by atoms with Crippen molar-refractivity contribution in [3.8, 4) is 0 Å². The van der Waals surface area contributed by atoms with E-state index in [0.717, 1.165) is 31.7 Å². The number of hydrogen-bond donors (Lipinski definition) is 3. The minimum absolute atomic E-state index is 0.0742. The molecule has 7 heteroatoms. The Bertz CT molecular complexity index is 781. The van der Waals surface area contributed by atoms with Crippen molar-refractivity contribution in [2.24, 2.45) is 11.5 Å². The Labute approximate surface area is 167 Å². The summed E-state index contributed by atoms with van der Waals surface area (Å²) in [6, 6.07) is 10.8. The van der Waals surface area contributed by atoms with E-state index < -0.39 is 6.29 Å². The molecule has 0 bridgehead atoms. The average molecular weight is 384 g/mol. The molecule has 0 radical (unpaired) electrons. The van der Waals surface area contributed by atoms with Crippen LogP contribution in [0.3, 0.4) is 0 Å². The van der Waals surface area contributed by atoms with Crippen LogP contribution in [0.2, 0.25) is 0 Å². The van der Waals surface area contributed by atoms with Gasteiger partial charge in [0.2, 0.25) is 0 Å². The molecule has 0 amide bonds. The fraction of sp³-hybridized carbons (Fsp3) is 0.571. The number of nitrogens with two attached hydrogens (primary N) is 2. The van der Waals surface area contributed by atoms with Gasteiger partial charge in [-0.25, -0.2) is 9.58 Å². The highest BCUT2D eigenvalue weighted by atomic mass is 15.6. The molecule has 2 aliphatic rings. The Hall–Kier alpha value is -1.93. The van der Waals surface area contributed by atoms with Crippen molar-refractivity contribution >= 4 is 5.82 Å². The van der Waals surface area contributed by atoms with Crippen LogP contribution in [0.25, 0.3) is 0 Å². The van der Waals surface area contributed by atoms with Crippen LogP contribution >= 0.6 is 0 Å². The predicted molar refractivity (Wildman–Crippen MR) is 113 cm³/mol. The van der Waals surface area contributed by atoms with Crippen molar-refractivity contribution in [1.82, 2.24) is 20.0 Å². The van der Waals surface area contributed by atoms with Crippen molar-refractivity contribution in [2.45, 2.75) is 64.2 Å². The summed E-state index contributed by atoms with van der Waals surface area (Å²) < 4.78 is 1.97. The minimum atomic E-state index is -0.402. The molecular formula is C21H33N7. The van der Waals surface area contributed by atoms with E-state index in [1.54, 1.807) is 0 Å². The molecule has 2 unspecified atom stereocenters. The molecule has 1 saturated heterocycles. The monoisotopic (exact) mass is 383 g/mol. The maximum Gasteiger partial charge on any atom is 0.160 e. The lowest BCUT2D eigenvalue weighted by Crippen LogP contribution is -2.67. The number of aromatic nitrogens is 2. The van der Waals surface area contributed by atoms with Gasteiger partial charge in [0.05, 0.1) is 6.20 Å². The number of benzene rings is 1. The van der Waals surface area contributed by atoms with Crippen LogP contribution in [0.15, 0.2) is 36.5 Å². The fourth-order valence-electron chi connectivity index (χ4n) is 4.61. The number of anilines is 1. The van der Waals surface area contributed by atoms with Gasteiger partial charge in [-0.1, -0.05) is 44.2 Å². The third-order valence-electron chi connectivity index (χ3n) is 6.20. The first-order valence-electron chi connectivity index (χ1n) is 10.4. The Kier molecular flexibility index (Phi) is 5.42. The second kappa shape index (κ2) is 7.83. The lowest BCUT2D eigenvalue weighted by molar-refractivity contribution is 0.0171. The molecule has 4 atom stereocenters. The summed E-state index contributed by atoms with van der Waals surface area (Å²) in [6.07, 6.45) is 3.52. The van der Waals surface area contributed by atoms with E-state index >= 15 is 0 Å². The van der Waals surface area contributed by atoms with Crippen LogP contribution in [0.4, 0.5) is 5.82 Å². The molecule has 0 saturated carbocycles. The van der Waals surface area contributed by atoms with Crippen molar-refractivity contribution in [3.05, 3.63) is 47.7 Å². The van der Waals surface area contributed by atoms with E-state index in [2.05, 4.69) is 60.2 Å². The summed E-state index contributed by atoms with van der Waals surface area (Å²) >= 11 is 0. The molecule has 1 fully saturated rings. The maximum atomic E-state index is 6.93. The number of hydrogen-bond acceptors (Lipinski definition) is 6. The second-order valence-corrected chi connectivity index (χ2v) is 8.29. The maximum absolute atomic E-state index is 6.93. The van der Waals surface area contributed by atoms with Gasteiger partial charge in [0.15, 0.2) is 6.29 Å². The Morgan fingerprint density at radius 1 is 1.11 bits per heavy atom. The van der Waals surface area contributed by atoms with E-state index in [4.69, 9.17) is 16.6 Å². The topological polar surface area (TPSA) is 88.4 Å². The third kappa shape index (κ3) is 3.22. The van der Waals surface area contributed by atoms with Crippen LogP contribution in [0.1, 0.15) is 63.0 Å². The largest absolute Gasteiger partial charge is 0.324 e. The first-order valence-corrected chi connectivity index (χ1v) is 10.4. The minimum Gasteiger partial charge on any atom is -0.324 e. The highest BCUT2D eigenvalue weighted by molar-refractivity contribution is 5.52. The molecule has 3 heterocycles. The van der Waals surface area contributed by atoms with Gasteiger partial charge in [-0.3, -0.25) is 11.5 Å². The summed E-state index contributed by atoms with van der Waals surface area (Å²) in [5, 5.41) is 8.23. The van der Waals surface area contributed by atoms with Crippen LogP contribution in [0, 0.1) is 0 Å². The zero-order valence-corrected chi connectivity index (χ0v) is 17.1. The standard InChI is InChI=1S/C21H33N7/c1-14(2)18-13-25-28-19(18)27(17-10-7-11-24-12-17)20(22)26(21(28)23)15(3)16-8-5-4-6-9-16/h4-6,8-9,13-15,17,20-21,24H,7,10-12,22-23H2,1-3H3/t15-,17+,20?,21?/m0/s1. The molecule has 5 N–H and O–H groups in total. The summed E-state index contributed by atoms with van der Waals surface area (Å²) in [5.74, 6) is 1.44. The van der Waals surface area contributed by atoms with E-state index in [-0.39, 0.29) is 12.3 Å². The van der Waals surface area contributed by atoms with Crippen molar-refractivity contribution in [2.75, 3.05) is 18.0 Å². The van der Waals surface area contributed by atoms with E-state index in [1.807, 2.05) is 16.9 Å². The van der Waals surface area contributed by atoms with Crippen molar-refractivity contribution in [1.29, 1.82) is 0 Å². The van der Waals surface area contributed by atoms with Gasteiger partial charge in [0.25, 0.3) is 0 Å². The molecule has 152 valence electrons. The van der Waals surface area contributed by atoms with Gasteiger partial charge in [-0.15, -0.1) is 0 Å². The van der Waals surface area contributed by atoms with Crippen LogP contribution in [-0.4, -0.2) is 40.1 Å².